The van der Waals surface area contributed by atoms with Gasteiger partial charge in [0, 0.05) is 29.9 Å². The molecule has 1 fully saturated rings. The fraction of sp³-hybridized carbons (Fsp3) is 0.458. The Morgan fingerprint density at radius 2 is 1.91 bits per heavy atom. The zero-order valence-electron chi connectivity index (χ0n) is 19.0. The van der Waals surface area contributed by atoms with Gasteiger partial charge in [0.2, 0.25) is 10.0 Å². The summed E-state index contributed by atoms with van der Waals surface area (Å²) in [6.45, 7) is 8.85. The van der Waals surface area contributed by atoms with Gasteiger partial charge in [-0.25, -0.2) is 18.1 Å². The molecule has 2 N–H and O–H groups in total. The normalized spacial score (nSPS) is 17.0. The third-order valence-electron chi connectivity index (χ3n) is 6.43. The molecule has 32 heavy (non-hydrogen) atoms. The van der Waals surface area contributed by atoms with Gasteiger partial charge in [-0.15, -0.1) is 0 Å². The van der Waals surface area contributed by atoms with Crippen LogP contribution in [0.3, 0.4) is 0 Å². The van der Waals surface area contributed by atoms with Crippen LogP contribution in [0.5, 0.6) is 5.75 Å². The number of rotatable bonds is 8. The molecule has 1 aliphatic rings. The van der Waals surface area contributed by atoms with E-state index in [-0.39, 0.29) is 12.0 Å². The fourth-order valence-corrected chi connectivity index (χ4v) is 4.63. The SMILES string of the molecule is CCN1CCC(C)(COc2ccnc3[nH]cc(-c4ccc(CNS(C)(=O)=O)cc4)c23)CC1. The highest BCUT2D eigenvalue weighted by atomic mass is 32.2. The van der Waals surface area contributed by atoms with E-state index in [0.717, 1.165) is 72.2 Å². The minimum atomic E-state index is -3.22. The Morgan fingerprint density at radius 1 is 1.19 bits per heavy atom. The molecular weight excluding hydrogens is 424 g/mol. The quantitative estimate of drug-likeness (QED) is 0.539. The zero-order valence-corrected chi connectivity index (χ0v) is 19.8. The lowest BCUT2D eigenvalue weighted by atomic mass is 9.81. The number of ether oxygens (including phenoxy) is 1. The first kappa shape index (κ1) is 22.8. The van der Waals surface area contributed by atoms with E-state index in [2.05, 4.69) is 33.4 Å². The third kappa shape index (κ3) is 5.31. The lowest BCUT2D eigenvalue weighted by Gasteiger charge is -2.38. The highest BCUT2D eigenvalue weighted by molar-refractivity contribution is 7.88. The van der Waals surface area contributed by atoms with Crippen LogP contribution in [0.2, 0.25) is 0 Å². The maximum atomic E-state index is 11.3. The van der Waals surface area contributed by atoms with Gasteiger partial charge in [-0.1, -0.05) is 38.1 Å². The standard InChI is InChI=1S/C24H32N4O3S/c1-4-28-13-10-24(2,11-14-28)17-31-21-9-12-25-23-22(21)20(16-26-23)19-7-5-18(6-8-19)15-27-32(3,29)30/h5-9,12,16,27H,4,10-11,13-15,17H2,1-3H3,(H,25,26). The number of hydrogen-bond acceptors (Lipinski definition) is 5. The van der Waals surface area contributed by atoms with Gasteiger partial charge in [0.15, 0.2) is 0 Å². The molecule has 7 nitrogen and oxygen atoms in total. The van der Waals surface area contributed by atoms with E-state index in [1.54, 1.807) is 6.20 Å². The number of nitrogens with zero attached hydrogens (tertiary/aromatic N) is 2. The molecule has 3 heterocycles. The van der Waals surface area contributed by atoms with Crippen molar-refractivity contribution in [2.24, 2.45) is 5.41 Å². The first-order chi connectivity index (χ1) is 15.3. The van der Waals surface area contributed by atoms with Crippen LogP contribution >= 0.6 is 0 Å². The van der Waals surface area contributed by atoms with Gasteiger partial charge in [-0.3, -0.25) is 0 Å². The maximum absolute atomic E-state index is 11.3. The van der Waals surface area contributed by atoms with Crippen molar-refractivity contribution in [2.45, 2.75) is 33.2 Å². The van der Waals surface area contributed by atoms with Crippen molar-refractivity contribution in [2.75, 3.05) is 32.5 Å². The Kier molecular flexibility index (Phi) is 6.55. The summed E-state index contributed by atoms with van der Waals surface area (Å²) in [5, 5.41) is 0.976. The van der Waals surface area contributed by atoms with Crippen LogP contribution in [0.15, 0.2) is 42.7 Å². The molecule has 0 atom stereocenters. The number of likely N-dealkylation sites (tertiary alicyclic amines) is 1. The maximum Gasteiger partial charge on any atom is 0.209 e. The molecule has 4 rings (SSSR count). The molecule has 0 radical (unpaired) electrons. The monoisotopic (exact) mass is 456 g/mol. The van der Waals surface area contributed by atoms with E-state index in [4.69, 9.17) is 4.74 Å². The second-order valence-electron chi connectivity index (χ2n) is 9.06. The summed E-state index contributed by atoms with van der Waals surface area (Å²) in [5.74, 6) is 0.841. The summed E-state index contributed by atoms with van der Waals surface area (Å²) in [4.78, 5) is 10.2. The van der Waals surface area contributed by atoms with E-state index < -0.39 is 10.0 Å². The van der Waals surface area contributed by atoms with Gasteiger partial charge < -0.3 is 14.6 Å². The summed E-state index contributed by atoms with van der Waals surface area (Å²) in [5.41, 5.74) is 3.93. The second-order valence-corrected chi connectivity index (χ2v) is 10.9. The van der Waals surface area contributed by atoms with Crippen molar-refractivity contribution in [3.63, 3.8) is 0 Å². The number of pyridine rings is 1. The first-order valence-electron chi connectivity index (χ1n) is 11.1. The van der Waals surface area contributed by atoms with E-state index in [0.29, 0.717) is 6.61 Å². The number of piperidine rings is 1. The van der Waals surface area contributed by atoms with Crippen molar-refractivity contribution >= 4 is 21.1 Å². The zero-order chi connectivity index (χ0) is 22.8. The average molecular weight is 457 g/mol. The fourth-order valence-electron chi connectivity index (χ4n) is 4.20. The highest BCUT2D eigenvalue weighted by Crippen LogP contribution is 2.37. The largest absolute Gasteiger partial charge is 0.492 e. The molecule has 1 aliphatic heterocycles. The Morgan fingerprint density at radius 3 is 2.56 bits per heavy atom. The van der Waals surface area contributed by atoms with Crippen LogP contribution in [0.4, 0.5) is 0 Å². The topological polar surface area (TPSA) is 87.3 Å². The number of sulfonamides is 1. The van der Waals surface area contributed by atoms with Crippen LogP contribution in [0, 0.1) is 5.41 Å². The van der Waals surface area contributed by atoms with Gasteiger partial charge in [0.25, 0.3) is 0 Å². The number of fused-ring (bicyclic) bond motifs is 1. The summed E-state index contributed by atoms with van der Waals surface area (Å²) in [7, 11) is -3.22. The molecule has 0 saturated carbocycles. The molecule has 172 valence electrons. The molecule has 1 aromatic carbocycles. The Bertz CT molecular complexity index is 1160. The van der Waals surface area contributed by atoms with Crippen LogP contribution in [0.25, 0.3) is 22.2 Å². The first-order valence-corrected chi connectivity index (χ1v) is 13.0. The average Bonchev–Trinajstić information content (AvgIpc) is 3.22. The minimum absolute atomic E-state index is 0.173. The van der Waals surface area contributed by atoms with E-state index in [1.807, 2.05) is 36.5 Å². The van der Waals surface area contributed by atoms with Crippen molar-refractivity contribution in [1.82, 2.24) is 19.6 Å². The number of H-pyrrole nitrogens is 1. The molecule has 3 aromatic rings. The highest BCUT2D eigenvalue weighted by Gasteiger charge is 2.30. The Hall–Kier alpha value is -2.42. The van der Waals surface area contributed by atoms with Crippen molar-refractivity contribution < 1.29 is 13.2 Å². The molecule has 2 aromatic heterocycles. The molecule has 0 aliphatic carbocycles. The van der Waals surface area contributed by atoms with Crippen LogP contribution in [0.1, 0.15) is 32.3 Å². The minimum Gasteiger partial charge on any atom is -0.492 e. The van der Waals surface area contributed by atoms with E-state index in [1.165, 1.54) is 0 Å². The summed E-state index contributed by atoms with van der Waals surface area (Å²) in [6.07, 6.45) is 7.17. The molecule has 8 heteroatoms. The lowest BCUT2D eigenvalue weighted by molar-refractivity contribution is 0.0721. The lowest BCUT2D eigenvalue weighted by Crippen LogP contribution is -2.41. The number of aromatic amines is 1. The number of hydrogen-bond donors (Lipinski definition) is 2. The van der Waals surface area contributed by atoms with Crippen molar-refractivity contribution in [3.8, 4) is 16.9 Å². The summed E-state index contributed by atoms with van der Waals surface area (Å²) in [6, 6.07) is 9.81. The van der Waals surface area contributed by atoms with Crippen LogP contribution in [-0.2, 0) is 16.6 Å². The Balaban J connectivity index is 1.53. The van der Waals surface area contributed by atoms with Gasteiger partial charge >= 0.3 is 0 Å². The predicted molar refractivity (Wildman–Crippen MR) is 128 cm³/mol. The van der Waals surface area contributed by atoms with Gasteiger partial charge in [0.1, 0.15) is 11.4 Å². The van der Waals surface area contributed by atoms with E-state index in [9.17, 15) is 8.42 Å². The molecule has 0 amide bonds. The number of benzene rings is 1. The molecule has 0 unspecified atom stereocenters. The van der Waals surface area contributed by atoms with Gasteiger partial charge in [-0.2, -0.15) is 0 Å². The predicted octanol–water partition coefficient (Wildman–Crippen LogP) is 3.78. The third-order valence-corrected chi connectivity index (χ3v) is 7.09. The van der Waals surface area contributed by atoms with E-state index >= 15 is 0 Å². The van der Waals surface area contributed by atoms with Crippen LogP contribution < -0.4 is 9.46 Å². The van der Waals surface area contributed by atoms with Gasteiger partial charge in [-0.05, 0) is 49.7 Å². The smallest absolute Gasteiger partial charge is 0.209 e. The second kappa shape index (κ2) is 9.21. The molecular formula is C24H32N4O3S. The van der Waals surface area contributed by atoms with Gasteiger partial charge in [0.05, 0.1) is 18.2 Å². The molecule has 0 bridgehead atoms. The van der Waals surface area contributed by atoms with Crippen molar-refractivity contribution in [3.05, 3.63) is 48.3 Å². The molecule has 1 saturated heterocycles. The van der Waals surface area contributed by atoms with Crippen molar-refractivity contribution in [1.29, 1.82) is 0 Å². The summed E-state index contributed by atoms with van der Waals surface area (Å²) >= 11 is 0. The summed E-state index contributed by atoms with van der Waals surface area (Å²) < 4.78 is 31.6. The number of aromatic nitrogens is 2. The molecule has 0 spiro atoms. The number of nitrogens with one attached hydrogen (secondary N) is 2. The Labute approximate surface area is 190 Å². The van der Waals surface area contributed by atoms with Crippen LogP contribution in [-0.4, -0.2) is 55.8 Å².